The third kappa shape index (κ3) is 3.66. The van der Waals surface area contributed by atoms with Gasteiger partial charge >= 0.3 is 0 Å². The molecule has 4 rings (SSSR count). The summed E-state index contributed by atoms with van der Waals surface area (Å²) in [5.74, 6) is 0.278. The maximum Gasteiger partial charge on any atom is 0.120 e. The first-order chi connectivity index (χ1) is 13.2. The van der Waals surface area contributed by atoms with Crippen molar-refractivity contribution in [3.8, 4) is 17.0 Å². The molecule has 0 fully saturated rings. The summed E-state index contributed by atoms with van der Waals surface area (Å²) < 4.78 is 0. The van der Waals surface area contributed by atoms with E-state index in [9.17, 15) is 5.11 Å². The third-order valence-electron chi connectivity index (χ3n) is 4.83. The van der Waals surface area contributed by atoms with Gasteiger partial charge in [0.15, 0.2) is 0 Å². The molecule has 27 heavy (non-hydrogen) atoms. The first-order valence-electron chi connectivity index (χ1n) is 9.02. The Bertz CT molecular complexity index is 1060. The van der Waals surface area contributed by atoms with Crippen molar-refractivity contribution in [3.05, 3.63) is 90.4 Å². The van der Waals surface area contributed by atoms with Gasteiger partial charge in [0.1, 0.15) is 5.75 Å². The number of phenols is 1. The third-order valence-corrected chi connectivity index (χ3v) is 4.83. The lowest BCUT2D eigenvalue weighted by Crippen LogP contribution is -2.18. The van der Waals surface area contributed by atoms with E-state index in [1.165, 1.54) is 16.3 Å². The standard InChI is InChI=1S/C23H21N3O/c1-16(20-8-4-6-17-5-2-3-7-21(17)20)26-14-19-13-18(9-10-23(19)27)22-15-24-11-12-25-22/h2-13,15-16,26-27H,14H2,1H3. The minimum Gasteiger partial charge on any atom is -0.508 e. The second kappa shape index (κ2) is 7.56. The van der Waals surface area contributed by atoms with Crippen LogP contribution in [0.3, 0.4) is 0 Å². The smallest absolute Gasteiger partial charge is 0.120 e. The monoisotopic (exact) mass is 355 g/mol. The molecule has 4 aromatic rings. The van der Waals surface area contributed by atoms with E-state index in [-0.39, 0.29) is 11.8 Å². The Kier molecular flexibility index (Phi) is 4.81. The van der Waals surface area contributed by atoms with Crippen molar-refractivity contribution in [1.82, 2.24) is 15.3 Å². The lowest BCUT2D eigenvalue weighted by atomic mass is 9.99. The van der Waals surface area contributed by atoms with Gasteiger partial charge in [-0.1, -0.05) is 42.5 Å². The first kappa shape index (κ1) is 17.2. The predicted octanol–water partition coefficient (Wildman–Crippen LogP) is 4.85. The lowest BCUT2D eigenvalue weighted by Gasteiger charge is -2.17. The number of nitrogens with one attached hydrogen (secondary N) is 1. The number of aromatic hydroxyl groups is 1. The zero-order chi connectivity index (χ0) is 18.6. The van der Waals surface area contributed by atoms with Crippen LogP contribution in [0.25, 0.3) is 22.0 Å². The topological polar surface area (TPSA) is 58.0 Å². The molecule has 0 bridgehead atoms. The van der Waals surface area contributed by atoms with Crippen LogP contribution < -0.4 is 5.32 Å². The Morgan fingerprint density at radius 1 is 1.00 bits per heavy atom. The van der Waals surface area contributed by atoms with E-state index >= 15 is 0 Å². The number of aromatic nitrogens is 2. The molecule has 1 unspecified atom stereocenters. The van der Waals surface area contributed by atoms with Crippen molar-refractivity contribution in [1.29, 1.82) is 0 Å². The summed E-state index contributed by atoms with van der Waals surface area (Å²) >= 11 is 0. The molecule has 0 saturated heterocycles. The molecule has 134 valence electrons. The number of hydrogen-bond acceptors (Lipinski definition) is 4. The summed E-state index contributed by atoms with van der Waals surface area (Å²) in [6.07, 6.45) is 5.04. The van der Waals surface area contributed by atoms with E-state index in [0.717, 1.165) is 16.8 Å². The zero-order valence-corrected chi connectivity index (χ0v) is 15.1. The Morgan fingerprint density at radius 2 is 1.85 bits per heavy atom. The molecule has 2 N–H and O–H groups in total. The Balaban J connectivity index is 1.56. The van der Waals surface area contributed by atoms with Gasteiger partial charge in [-0.05, 0) is 41.5 Å². The van der Waals surface area contributed by atoms with E-state index in [2.05, 4.69) is 64.7 Å². The number of phenolic OH excluding ortho intramolecular Hbond substituents is 1. The highest BCUT2D eigenvalue weighted by molar-refractivity contribution is 5.86. The predicted molar refractivity (Wildman–Crippen MR) is 108 cm³/mol. The van der Waals surface area contributed by atoms with Crippen LogP contribution in [0, 0.1) is 0 Å². The normalized spacial score (nSPS) is 12.2. The molecule has 1 heterocycles. The Hall–Kier alpha value is -3.24. The lowest BCUT2D eigenvalue weighted by molar-refractivity contribution is 0.460. The summed E-state index contributed by atoms with van der Waals surface area (Å²) in [7, 11) is 0. The van der Waals surface area contributed by atoms with E-state index in [0.29, 0.717) is 6.54 Å². The minimum absolute atomic E-state index is 0.149. The Morgan fingerprint density at radius 3 is 2.70 bits per heavy atom. The number of nitrogens with zero attached hydrogens (tertiary/aromatic N) is 2. The van der Waals surface area contributed by atoms with Crippen LogP contribution in [0.5, 0.6) is 5.75 Å². The number of rotatable bonds is 5. The van der Waals surface area contributed by atoms with Gasteiger partial charge in [-0.15, -0.1) is 0 Å². The first-order valence-corrected chi connectivity index (χ1v) is 9.02. The number of hydrogen-bond donors (Lipinski definition) is 2. The number of benzene rings is 3. The van der Waals surface area contributed by atoms with E-state index in [1.807, 2.05) is 12.1 Å². The molecular weight excluding hydrogens is 334 g/mol. The van der Waals surface area contributed by atoms with Crippen molar-refractivity contribution >= 4 is 10.8 Å². The summed E-state index contributed by atoms with van der Waals surface area (Å²) in [5.41, 5.74) is 3.82. The van der Waals surface area contributed by atoms with Crippen LogP contribution in [0.4, 0.5) is 0 Å². The fourth-order valence-electron chi connectivity index (χ4n) is 3.34. The van der Waals surface area contributed by atoms with Gasteiger partial charge in [0, 0.05) is 36.1 Å². The summed E-state index contributed by atoms with van der Waals surface area (Å²) in [4.78, 5) is 8.45. The van der Waals surface area contributed by atoms with Gasteiger partial charge in [-0.2, -0.15) is 0 Å². The molecule has 0 radical (unpaired) electrons. The van der Waals surface area contributed by atoms with Gasteiger partial charge < -0.3 is 10.4 Å². The Labute approximate surface area is 158 Å². The van der Waals surface area contributed by atoms with Crippen LogP contribution >= 0.6 is 0 Å². The SMILES string of the molecule is CC(NCc1cc(-c2cnccn2)ccc1O)c1cccc2ccccc12. The van der Waals surface area contributed by atoms with Gasteiger partial charge in [0.2, 0.25) is 0 Å². The fraction of sp³-hybridized carbons (Fsp3) is 0.130. The molecule has 0 aliphatic rings. The summed E-state index contributed by atoms with van der Waals surface area (Å²) in [6, 6.07) is 20.4. The van der Waals surface area contributed by atoms with Crippen molar-refractivity contribution < 1.29 is 5.11 Å². The van der Waals surface area contributed by atoms with Crippen LogP contribution in [-0.2, 0) is 6.54 Å². The van der Waals surface area contributed by atoms with E-state index < -0.39 is 0 Å². The quantitative estimate of drug-likeness (QED) is 0.537. The fourth-order valence-corrected chi connectivity index (χ4v) is 3.34. The minimum atomic E-state index is 0.149. The van der Waals surface area contributed by atoms with Gasteiger partial charge in [-0.25, -0.2) is 0 Å². The van der Waals surface area contributed by atoms with Crippen LogP contribution in [0.2, 0.25) is 0 Å². The second-order valence-corrected chi connectivity index (χ2v) is 6.61. The molecule has 0 aliphatic heterocycles. The molecular formula is C23H21N3O. The van der Waals surface area contributed by atoms with Crippen LogP contribution in [0.15, 0.2) is 79.3 Å². The molecule has 4 heteroatoms. The van der Waals surface area contributed by atoms with E-state index in [1.54, 1.807) is 24.7 Å². The zero-order valence-electron chi connectivity index (χ0n) is 15.1. The molecule has 0 saturated carbocycles. The van der Waals surface area contributed by atoms with Gasteiger partial charge in [0.05, 0.1) is 11.9 Å². The molecule has 4 nitrogen and oxygen atoms in total. The van der Waals surface area contributed by atoms with Crippen molar-refractivity contribution in [2.45, 2.75) is 19.5 Å². The molecule has 3 aromatic carbocycles. The molecule has 0 aliphatic carbocycles. The van der Waals surface area contributed by atoms with Crippen LogP contribution in [-0.4, -0.2) is 15.1 Å². The maximum absolute atomic E-state index is 10.3. The number of fused-ring (bicyclic) bond motifs is 1. The summed E-state index contributed by atoms with van der Waals surface area (Å²) in [5, 5.41) is 16.3. The van der Waals surface area contributed by atoms with Gasteiger partial charge in [0.25, 0.3) is 0 Å². The van der Waals surface area contributed by atoms with Crippen molar-refractivity contribution in [2.24, 2.45) is 0 Å². The van der Waals surface area contributed by atoms with E-state index in [4.69, 9.17) is 0 Å². The summed E-state index contributed by atoms with van der Waals surface area (Å²) in [6.45, 7) is 2.70. The van der Waals surface area contributed by atoms with Crippen molar-refractivity contribution in [2.75, 3.05) is 0 Å². The molecule has 1 atom stereocenters. The average Bonchev–Trinajstić information content (AvgIpc) is 2.73. The highest BCUT2D eigenvalue weighted by atomic mass is 16.3. The molecule has 1 aromatic heterocycles. The van der Waals surface area contributed by atoms with Crippen LogP contribution in [0.1, 0.15) is 24.1 Å². The highest BCUT2D eigenvalue weighted by Gasteiger charge is 2.11. The maximum atomic E-state index is 10.3. The van der Waals surface area contributed by atoms with Gasteiger partial charge in [-0.3, -0.25) is 9.97 Å². The molecule has 0 spiro atoms. The largest absolute Gasteiger partial charge is 0.508 e. The van der Waals surface area contributed by atoms with Crippen molar-refractivity contribution in [3.63, 3.8) is 0 Å². The highest BCUT2D eigenvalue weighted by Crippen LogP contribution is 2.27. The average molecular weight is 355 g/mol. The molecule has 0 amide bonds. The second-order valence-electron chi connectivity index (χ2n) is 6.61.